The molecule has 6 rings (SSSR count). The number of fused-ring (bicyclic) bond motifs is 3. The molecule has 3 heterocycles. The van der Waals surface area contributed by atoms with Crippen LogP contribution in [0.15, 0.2) is 85.1 Å². The van der Waals surface area contributed by atoms with Gasteiger partial charge in [0.15, 0.2) is 0 Å². The highest BCUT2D eigenvalue weighted by molar-refractivity contribution is 5.85. The predicted molar refractivity (Wildman–Crippen MR) is 127 cm³/mol. The van der Waals surface area contributed by atoms with Gasteiger partial charge in [-0.15, -0.1) is 0 Å². The Morgan fingerprint density at radius 3 is 2.52 bits per heavy atom. The number of nitro groups is 1. The van der Waals surface area contributed by atoms with Crippen LogP contribution in [0, 0.1) is 10.1 Å². The predicted octanol–water partition coefficient (Wildman–Crippen LogP) is 5.44. The number of aromatic nitrogens is 3. The maximum atomic E-state index is 11.8. The standard InChI is InChI=1S/C26H21N5O2/c32-31(33)23-13-7-5-11-18(23)24-25-19(17-10-4-6-12-20(17)28-25)14-21(29-24)26-27-15-22(30-26)16-8-2-1-3-9-16/h1-13,15,21,24,28-29H,14H2,(H,27,30)/t21-,24?/m0/s1. The second kappa shape index (κ2) is 7.72. The fraction of sp³-hybridized carbons (Fsp3) is 0.115. The van der Waals surface area contributed by atoms with Gasteiger partial charge in [-0.2, -0.15) is 0 Å². The molecule has 1 unspecified atom stereocenters. The van der Waals surface area contributed by atoms with Crippen molar-refractivity contribution in [2.75, 3.05) is 0 Å². The summed E-state index contributed by atoms with van der Waals surface area (Å²) in [6, 6.07) is 24.7. The van der Waals surface area contributed by atoms with Crippen molar-refractivity contribution in [2.45, 2.75) is 18.5 Å². The van der Waals surface area contributed by atoms with Crippen LogP contribution in [0.3, 0.4) is 0 Å². The largest absolute Gasteiger partial charge is 0.357 e. The summed E-state index contributed by atoms with van der Waals surface area (Å²) in [6.07, 6.45) is 2.56. The Bertz CT molecular complexity index is 1470. The van der Waals surface area contributed by atoms with Crippen LogP contribution in [0.5, 0.6) is 0 Å². The number of nitrogens with one attached hydrogen (secondary N) is 3. The average molecular weight is 435 g/mol. The third-order valence-electron chi connectivity index (χ3n) is 6.37. The zero-order valence-electron chi connectivity index (χ0n) is 17.7. The van der Waals surface area contributed by atoms with E-state index in [9.17, 15) is 10.1 Å². The minimum atomic E-state index is -0.363. The number of imidazole rings is 1. The van der Waals surface area contributed by atoms with Gasteiger partial charge in [-0.3, -0.25) is 15.4 Å². The fourth-order valence-corrected chi connectivity index (χ4v) is 4.83. The third-order valence-corrected chi connectivity index (χ3v) is 6.37. The van der Waals surface area contributed by atoms with Crippen LogP contribution < -0.4 is 5.32 Å². The van der Waals surface area contributed by atoms with E-state index in [-0.39, 0.29) is 22.7 Å². The maximum absolute atomic E-state index is 11.8. The molecule has 0 spiro atoms. The van der Waals surface area contributed by atoms with E-state index in [4.69, 9.17) is 0 Å². The SMILES string of the molecule is O=[N+]([O-])c1ccccc1C1N[C@H](c2ncc(-c3ccccc3)[nH]2)Cc2c1[nH]c1ccccc21. The van der Waals surface area contributed by atoms with E-state index in [1.165, 1.54) is 0 Å². The second-order valence-corrected chi connectivity index (χ2v) is 8.28. The van der Waals surface area contributed by atoms with E-state index in [0.717, 1.165) is 45.7 Å². The fourth-order valence-electron chi connectivity index (χ4n) is 4.83. The van der Waals surface area contributed by atoms with Crippen LogP contribution >= 0.6 is 0 Å². The number of rotatable bonds is 4. The lowest BCUT2D eigenvalue weighted by atomic mass is 9.89. The van der Waals surface area contributed by atoms with Crippen molar-refractivity contribution >= 4 is 16.6 Å². The summed E-state index contributed by atoms with van der Waals surface area (Å²) in [5.41, 5.74) is 5.90. The molecule has 1 aliphatic rings. The summed E-state index contributed by atoms with van der Waals surface area (Å²) < 4.78 is 0. The van der Waals surface area contributed by atoms with Crippen molar-refractivity contribution in [3.8, 4) is 11.3 Å². The monoisotopic (exact) mass is 435 g/mol. The van der Waals surface area contributed by atoms with E-state index in [1.807, 2.05) is 66.9 Å². The zero-order valence-corrected chi connectivity index (χ0v) is 17.7. The summed E-state index contributed by atoms with van der Waals surface area (Å²) in [5, 5.41) is 16.6. The summed E-state index contributed by atoms with van der Waals surface area (Å²) in [6.45, 7) is 0. The lowest BCUT2D eigenvalue weighted by Gasteiger charge is -2.30. The number of nitrogens with zero attached hydrogens (tertiary/aromatic N) is 2. The third kappa shape index (κ3) is 3.30. The molecule has 2 aromatic heterocycles. The van der Waals surface area contributed by atoms with Crippen LogP contribution in [-0.4, -0.2) is 19.9 Å². The molecule has 0 saturated carbocycles. The molecular weight excluding hydrogens is 414 g/mol. The zero-order chi connectivity index (χ0) is 22.4. The molecule has 162 valence electrons. The maximum Gasteiger partial charge on any atom is 0.274 e. The van der Waals surface area contributed by atoms with Crippen LogP contribution in [0.2, 0.25) is 0 Å². The molecule has 0 aliphatic carbocycles. The number of para-hydroxylation sites is 2. The minimum absolute atomic E-state index is 0.102. The highest BCUT2D eigenvalue weighted by atomic mass is 16.6. The van der Waals surface area contributed by atoms with Crippen molar-refractivity contribution in [1.82, 2.24) is 20.3 Å². The molecule has 0 amide bonds. The summed E-state index contributed by atoms with van der Waals surface area (Å²) in [7, 11) is 0. The molecule has 33 heavy (non-hydrogen) atoms. The Labute approximate surface area is 189 Å². The number of hydrogen-bond donors (Lipinski definition) is 3. The lowest BCUT2D eigenvalue weighted by molar-refractivity contribution is -0.385. The van der Waals surface area contributed by atoms with Crippen molar-refractivity contribution in [2.24, 2.45) is 0 Å². The topological polar surface area (TPSA) is 99.6 Å². The Morgan fingerprint density at radius 2 is 1.67 bits per heavy atom. The molecule has 0 saturated heterocycles. The number of nitro benzene ring substituents is 1. The van der Waals surface area contributed by atoms with Crippen LogP contribution in [0.25, 0.3) is 22.2 Å². The minimum Gasteiger partial charge on any atom is -0.357 e. The van der Waals surface area contributed by atoms with E-state index in [1.54, 1.807) is 12.1 Å². The molecule has 1 aliphatic heterocycles. The van der Waals surface area contributed by atoms with Crippen molar-refractivity contribution in [3.63, 3.8) is 0 Å². The molecule has 0 bridgehead atoms. The molecular formula is C26H21N5O2. The van der Waals surface area contributed by atoms with Gasteiger partial charge in [0.2, 0.25) is 0 Å². The number of hydrogen-bond acceptors (Lipinski definition) is 4. The molecule has 7 heteroatoms. The Kier molecular flexibility index (Phi) is 4.55. The molecule has 0 radical (unpaired) electrons. The first-order chi connectivity index (χ1) is 16.2. The van der Waals surface area contributed by atoms with Gasteiger partial charge in [0.1, 0.15) is 5.82 Å². The van der Waals surface area contributed by atoms with Crippen molar-refractivity contribution in [1.29, 1.82) is 0 Å². The highest BCUT2D eigenvalue weighted by Crippen LogP contribution is 2.41. The summed E-state index contributed by atoms with van der Waals surface area (Å²) in [5.74, 6) is 0.813. The number of H-pyrrole nitrogens is 2. The first-order valence-electron chi connectivity index (χ1n) is 10.9. The number of benzene rings is 3. The molecule has 3 aromatic carbocycles. The molecule has 2 atom stereocenters. The van der Waals surface area contributed by atoms with E-state index in [0.29, 0.717) is 5.56 Å². The van der Waals surface area contributed by atoms with Gasteiger partial charge in [-0.1, -0.05) is 66.7 Å². The van der Waals surface area contributed by atoms with Crippen molar-refractivity contribution < 1.29 is 4.92 Å². The molecule has 7 nitrogen and oxygen atoms in total. The molecule has 3 N–H and O–H groups in total. The van der Waals surface area contributed by atoms with Crippen LogP contribution in [0.4, 0.5) is 5.69 Å². The molecule has 0 fully saturated rings. The lowest BCUT2D eigenvalue weighted by Crippen LogP contribution is -2.35. The Hall–Kier alpha value is -4.23. The normalized spacial score (nSPS) is 17.7. The quantitative estimate of drug-likeness (QED) is 0.258. The molecule has 5 aromatic rings. The van der Waals surface area contributed by atoms with Gasteiger partial charge in [-0.05, 0) is 23.6 Å². The van der Waals surface area contributed by atoms with Gasteiger partial charge < -0.3 is 9.97 Å². The number of aromatic amines is 2. The Balaban J connectivity index is 1.48. The van der Waals surface area contributed by atoms with Gasteiger partial charge in [0.25, 0.3) is 5.69 Å². The van der Waals surface area contributed by atoms with Crippen LogP contribution in [-0.2, 0) is 6.42 Å². The highest BCUT2D eigenvalue weighted by Gasteiger charge is 2.35. The van der Waals surface area contributed by atoms with Gasteiger partial charge in [-0.25, -0.2) is 4.98 Å². The van der Waals surface area contributed by atoms with E-state index >= 15 is 0 Å². The second-order valence-electron chi connectivity index (χ2n) is 8.28. The van der Waals surface area contributed by atoms with Crippen molar-refractivity contribution in [3.05, 3.63) is 118 Å². The van der Waals surface area contributed by atoms with Gasteiger partial charge in [0, 0.05) is 22.7 Å². The smallest absolute Gasteiger partial charge is 0.274 e. The summed E-state index contributed by atoms with van der Waals surface area (Å²) in [4.78, 5) is 23.2. The first kappa shape index (κ1) is 19.5. The first-order valence-corrected chi connectivity index (χ1v) is 10.9. The van der Waals surface area contributed by atoms with Gasteiger partial charge >= 0.3 is 0 Å². The van der Waals surface area contributed by atoms with E-state index in [2.05, 4.69) is 26.3 Å². The van der Waals surface area contributed by atoms with Gasteiger partial charge in [0.05, 0.1) is 34.5 Å². The van der Waals surface area contributed by atoms with Crippen LogP contribution in [0.1, 0.15) is 34.7 Å². The van der Waals surface area contributed by atoms with E-state index < -0.39 is 0 Å². The Morgan fingerprint density at radius 1 is 0.909 bits per heavy atom. The summed E-state index contributed by atoms with van der Waals surface area (Å²) >= 11 is 0. The average Bonchev–Trinajstić information content (AvgIpc) is 3.49.